The van der Waals surface area contributed by atoms with E-state index in [4.69, 9.17) is 0 Å². The Hall–Kier alpha value is -3.24. The summed E-state index contributed by atoms with van der Waals surface area (Å²) in [4.78, 5) is 0. The van der Waals surface area contributed by atoms with Gasteiger partial charge < -0.3 is 10.2 Å². The number of hydrogen-bond acceptors (Lipinski definition) is 4. The third-order valence-electron chi connectivity index (χ3n) is 4.51. The first-order valence-corrected chi connectivity index (χ1v) is 8.73. The van der Waals surface area contributed by atoms with Crippen LogP contribution in [-0.2, 0) is 0 Å². The van der Waals surface area contributed by atoms with Gasteiger partial charge in [-0.2, -0.15) is 21.0 Å². The molecule has 7 heteroatoms. The van der Waals surface area contributed by atoms with Gasteiger partial charge in [-0.25, -0.2) is 8.78 Å². The zero-order valence-corrected chi connectivity index (χ0v) is 14.3. The molecular formula is C20H10F3NO2S. The number of nitrogens with zero attached hydrogens (tertiary/aromatic N) is 1. The van der Waals surface area contributed by atoms with Crippen molar-refractivity contribution in [1.82, 2.24) is 0 Å². The van der Waals surface area contributed by atoms with Gasteiger partial charge in [0.15, 0.2) is 17.7 Å². The SMILES string of the molecule is N#Cc1cscc1C1=C(c2ccc(O)c(F)c2F)C(F)c2ccc(O)cc21. The number of fused-ring (bicyclic) bond motifs is 1. The summed E-state index contributed by atoms with van der Waals surface area (Å²) >= 11 is 1.22. The molecule has 1 atom stereocenters. The number of hydrogen-bond donors (Lipinski definition) is 2. The summed E-state index contributed by atoms with van der Waals surface area (Å²) in [5.74, 6) is -3.85. The van der Waals surface area contributed by atoms with Crippen LogP contribution in [0.3, 0.4) is 0 Å². The zero-order valence-electron chi connectivity index (χ0n) is 13.5. The zero-order chi connectivity index (χ0) is 19.3. The smallest absolute Gasteiger partial charge is 0.200 e. The van der Waals surface area contributed by atoms with Crippen LogP contribution in [0.2, 0.25) is 0 Å². The van der Waals surface area contributed by atoms with Gasteiger partial charge in [-0.3, -0.25) is 0 Å². The van der Waals surface area contributed by atoms with Crippen LogP contribution in [0.1, 0.15) is 34.0 Å². The van der Waals surface area contributed by atoms with Gasteiger partial charge in [0.05, 0.1) is 5.56 Å². The van der Waals surface area contributed by atoms with Crippen molar-refractivity contribution < 1.29 is 23.4 Å². The summed E-state index contributed by atoms with van der Waals surface area (Å²) in [5, 5.41) is 31.8. The first-order valence-electron chi connectivity index (χ1n) is 7.79. The van der Waals surface area contributed by atoms with E-state index in [1.54, 1.807) is 10.8 Å². The Kier molecular flexibility index (Phi) is 3.93. The standard InChI is InChI=1S/C20H10F3NO2S/c21-18-11-2-1-10(25)5-13(11)16(14-8-27-7-9(14)6-24)17(18)12-3-4-15(26)20(23)19(12)22/h1-5,7-8,18,25-26H. The van der Waals surface area contributed by atoms with E-state index in [1.807, 2.05) is 6.07 Å². The van der Waals surface area contributed by atoms with Gasteiger partial charge in [0.1, 0.15) is 11.8 Å². The fraction of sp³-hybridized carbons (Fsp3) is 0.0500. The number of halogens is 3. The number of alkyl halides is 1. The van der Waals surface area contributed by atoms with Crippen molar-refractivity contribution in [3.63, 3.8) is 0 Å². The number of aromatic hydroxyl groups is 2. The van der Waals surface area contributed by atoms with E-state index < -0.39 is 23.6 Å². The molecule has 1 aliphatic rings. The summed E-state index contributed by atoms with van der Waals surface area (Å²) in [7, 11) is 0. The quantitative estimate of drug-likeness (QED) is 0.630. The Labute approximate surface area is 155 Å². The normalized spacial score (nSPS) is 15.7. The van der Waals surface area contributed by atoms with E-state index in [2.05, 4.69) is 0 Å². The van der Waals surface area contributed by atoms with Crippen molar-refractivity contribution in [3.05, 3.63) is 80.5 Å². The minimum absolute atomic E-state index is 0.120. The predicted molar refractivity (Wildman–Crippen MR) is 94.9 cm³/mol. The third-order valence-corrected chi connectivity index (χ3v) is 5.25. The summed E-state index contributed by atoms with van der Waals surface area (Å²) in [6.45, 7) is 0. The number of thiophene rings is 1. The molecule has 3 nitrogen and oxygen atoms in total. The van der Waals surface area contributed by atoms with E-state index in [-0.39, 0.29) is 33.6 Å². The van der Waals surface area contributed by atoms with Gasteiger partial charge >= 0.3 is 0 Å². The lowest BCUT2D eigenvalue weighted by Crippen LogP contribution is -1.99. The van der Waals surface area contributed by atoms with Gasteiger partial charge in [0, 0.05) is 22.1 Å². The molecule has 0 aliphatic heterocycles. The maximum atomic E-state index is 15.3. The molecule has 134 valence electrons. The molecule has 0 spiro atoms. The van der Waals surface area contributed by atoms with Gasteiger partial charge in [-0.15, -0.1) is 0 Å². The van der Waals surface area contributed by atoms with Crippen molar-refractivity contribution >= 4 is 22.5 Å². The highest BCUT2D eigenvalue weighted by Crippen LogP contribution is 2.52. The minimum Gasteiger partial charge on any atom is -0.508 e. The lowest BCUT2D eigenvalue weighted by atomic mass is 9.93. The van der Waals surface area contributed by atoms with Crippen LogP contribution in [0.25, 0.3) is 11.1 Å². The molecule has 27 heavy (non-hydrogen) atoms. The van der Waals surface area contributed by atoms with Crippen molar-refractivity contribution in [2.24, 2.45) is 0 Å². The highest BCUT2D eigenvalue weighted by atomic mass is 32.1. The van der Waals surface area contributed by atoms with Crippen LogP contribution >= 0.6 is 11.3 Å². The Morgan fingerprint density at radius 1 is 0.963 bits per heavy atom. The van der Waals surface area contributed by atoms with Crippen LogP contribution in [0.15, 0.2) is 41.1 Å². The molecule has 1 aliphatic carbocycles. The van der Waals surface area contributed by atoms with Crippen molar-refractivity contribution in [3.8, 4) is 17.6 Å². The number of allylic oxidation sites excluding steroid dienone is 1. The van der Waals surface area contributed by atoms with Crippen LogP contribution in [0, 0.1) is 23.0 Å². The number of phenols is 2. The molecule has 1 aromatic heterocycles. The second-order valence-electron chi connectivity index (χ2n) is 5.99. The Balaban J connectivity index is 2.10. The van der Waals surface area contributed by atoms with Crippen molar-refractivity contribution in [2.45, 2.75) is 6.17 Å². The molecule has 1 unspecified atom stereocenters. The Morgan fingerprint density at radius 2 is 1.74 bits per heavy atom. The fourth-order valence-electron chi connectivity index (χ4n) is 3.29. The average molecular weight is 385 g/mol. The molecule has 2 aromatic carbocycles. The van der Waals surface area contributed by atoms with Gasteiger partial charge in [0.2, 0.25) is 5.82 Å². The van der Waals surface area contributed by atoms with Crippen LogP contribution < -0.4 is 0 Å². The fourth-order valence-corrected chi connectivity index (χ4v) is 4.06. The summed E-state index contributed by atoms with van der Waals surface area (Å²) in [6.07, 6.45) is -1.79. The van der Waals surface area contributed by atoms with Crippen LogP contribution in [0.5, 0.6) is 11.5 Å². The predicted octanol–water partition coefficient (Wildman–Crippen LogP) is 5.29. The maximum absolute atomic E-state index is 15.3. The first-order chi connectivity index (χ1) is 12.9. The third kappa shape index (κ3) is 2.49. The highest BCUT2D eigenvalue weighted by molar-refractivity contribution is 7.08. The van der Waals surface area contributed by atoms with E-state index in [1.165, 1.54) is 29.5 Å². The maximum Gasteiger partial charge on any atom is 0.200 e. The summed E-state index contributed by atoms with van der Waals surface area (Å²) < 4.78 is 43.8. The van der Waals surface area contributed by atoms with Crippen molar-refractivity contribution in [1.29, 1.82) is 5.26 Å². The number of benzene rings is 2. The number of phenolic OH excluding ortho intramolecular Hbond substituents is 2. The monoisotopic (exact) mass is 385 g/mol. The largest absolute Gasteiger partial charge is 0.508 e. The first kappa shape index (κ1) is 17.2. The second kappa shape index (κ2) is 6.18. The molecule has 0 saturated carbocycles. The van der Waals surface area contributed by atoms with Gasteiger partial charge in [-0.05, 0) is 46.3 Å². The molecule has 0 fully saturated rings. The molecule has 4 rings (SSSR count). The molecule has 2 N–H and O–H groups in total. The highest BCUT2D eigenvalue weighted by Gasteiger charge is 2.36. The topological polar surface area (TPSA) is 64.2 Å². The number of rotatable bonds is 2. The van der Waals surface area contributed by atoms with Crippen LogP contribution in [0.4, 0.5) is 13.2 Å². The molecule has 0 bridgehead atoms. The van der Waals surface area contributed by atoms with Gasteiger partial charge in [0.25, 0.3) is 0 Å². The number of nitriles is 1. The van der Waals surface area contributed by atoms with Gasteiger partial charge in [-0.1, -0.05) is 6.07 Å². The van der Waals surface area contributed by atoms with E-state index in [0.717, 1.165) is 12.1 Å². The lowest BCUT2D eigenvalue weighted by Gasteiger charge is -2.12. The molecule has 0 radical (unpaired) electrons. The minimum atomic E-state index is -1.79. The second-order valence-corrected chi connectivity index (χ2v) is 6.74. The molecule has 0 amide bonds. The summed E-state index contributed by atoms with van der Waals surface area (Å²) in [6, 6.07) is 8.05. The Morgan fingerprint density at radius 3 is 2.48 bits per heavy atom. The molecule has 3 aromatic rings. The van der Waals surface area contributed by atoms with E-state index in [0.29, 0.717) is 11.1 Å². The molecule has 0 saturated heterocycles. The van der Waals surface area contributed by atoms with E-state index in [9.17, 15) is 24.3 Å². The molecular weight excluding hydrogens is 375 g/mol. The lowest BCUT2D eigenvalue weighted by molar-refractivity contribution is 0.402. The van der Waals surface area contributed by atoms with E-state index >= 15 is 4.39 Å². The average Bonchev–Trinajstić information content (AvgIpc) is 3.22. The summed E-state index contributed by atoms with van der Waals surface area (Å²) in [5.41, 5.74) is 0.838. The van der Waals surface area contributed by atoms with Crippen molar-refractivity contribution in [2.75, 3.05) is 0 Å². The van der Waals surface area contributed by atoms with Crippen LogP contribution in [-0.4, -0.2) is 10.2 Å². The Bertz CT molecular complexity index is 1160. The molecule has 1 heterocycles.